The molecule has 0 amide bonds. The van der Waals surface area contributed by atoms with E-state index in [1.807, 2.05) is 11.3 Å². The third-order valence-corrected chi connectivity index (χ3v) is 4.66. The molecule has 0 aliphatic rings. The molecule has 1 aromatic carbocycles. The Morgan fingerprint density at radius 2 is 1.95 bits per heavy atom. The van der Waals surface area contributed by atoms with Crippen LogP contribution in [0, 0.1) is 6.92 Å². The second kappa shape index (κ2) is 6.85. The topological polar surface area (TPSA) is 29.3 Å². The molecule has 1 aromatic heterocycles. The maximum atomic E-state index is 5.77. The van der Waals surface area contributed by atoms with Gasteiger partial charge in [0.15, 0.2) is 0 Å². The van der Waals surface area contributed by atoms with Crippen LogP contribution in [-0.4, -0.2) is 18.0 Å². The molecule has 1 unspecified atom stereocenters. The van der Waals surface area contributed by atoms with Gasteiger partial charge in [-0.05, 0) is 36.4 Å². The lowest BCUT2D eigenvalue weighted by Gasteiger charge is -2.28. The average Bonchev–Trinajstić information content (AvgIpc) is 2.85. The fourth-order valence-electron chi connectivity index (χ4n) is 2.37. The summed E-state index contributed by atoms with van der Waals surface area (Å²) in [6, 6.07) is 13.2. The van der Waals surface area contributed by atoms with Gasteiger partial charge in [-0.2, -0.15) is 0 Å². The van der Waals surface area contributed by atoms with E-state index in [2.05, 4.69) is 60.5 Å². The Morgan fingerprint density at radius 1 is 1.21 bits per heavy atom. The monoisotopic (exact) mass is 274 g/mol. The van der Waals surface area contributed by atoms with Gasteiger partial charge >= 0.3 is 0 Å². The predicted molar refractivity (Wildman–Crippen MR) is 83.4 cm³/mol. The van der Waals surface area contributed by atoms with Gasteiger partial charge in [0.1, 0.15) is 0 Å². The summed E-state index contributed by atoms with van der Waals surface area (Å²) in [5.74, 6) is 0. The summed E-state index contributed by atoms with van der Waals surface area (Å²) >= 11 is 1.84. The van der Waals surface area contributed by atoms with Crippen LogP contribution in [0.4, 0.5) is 0 Å². The molecule has 2 rings (SSSR count). The van der Waals surface area contributed by atoms with Crippen molar-refractivity contribution in [2.75, 3.05) is 13.1 Å². The number of hydrogen-bond donors (Lipinski definition) is 1. The number of nitrogens with zero attached hydrogens (tertiary/aromatic N) is 1. The Balaban J connectivity index is 2.13. The minimum Gasteiger partial charge on any atom is -0.329 e. The van der Waals surface area contributed by atoms with Crippen LogP contribution in [0.1, 0.15) is 29.0 Å². The molecule has 3 heteroatoms. The minimum absolute atomic E-state index is 0.420. The highest BCUT2D eigenvalue weighted by atomic mass is 32.1. The summed E-state index contributed by atoms with van der Waals surface area (Å²) in [5, 5.41) is 2.17. The van der Waals surface area contributed by atoms with Gasteiger partial charge in [-0.3, -0.25) is 4.90 Å². The van der Waals surface area contributed by atoms with Gasteiger partial charge in [0.25, 0.3) is 0 Å². The van der Waals surface area contributed by atoms with Crippen LogP contribution in [0.2, 0.25) is 0 Å². The molecule has 1 atom stereocenters. The van der Waals surface area contributed by atoms with Crippen LogP contribution < -0.4 is 5.73 Å². The third-order valence-electron chi connectivity index (χ3n) is 3.47. The second-order valence-electron chi connectivity index (χ2n) is 4.89. The Kier molecular flexibility index (Phi) is 5.14. The molecule has 0 radical (unpaired) electrons. The van der Waals surface area contributed by atoms with Crippen molar-refractivity contribution in [3.05, 3.63) is 57.8 Å². The molecule has 102 valence electrons. The van der Waals surface area contributed by atoms with E-state index >= 15 is 0 Å². The first-order valence-corrected chi connectivity index (χ1v) is 7.62. The first kappa shape index (κ1) is 14.3. The van der Waals surface area contributed by atoms with Crippen LogP contribution in [0.3, 0.4) is 0 Å². The first-order valence-electron chi connectivity index (χ1n) is 6.74. The van der Waals surface area contributed by atoms with Crippen molar-refractivity contribution in [2.45, 2.75) is 26.4 Å². The standard InChI is InChI=1S/C16H22N2S/c1-13-8-11-19-16(13)14(2)18(10-9-17)12-15-6-4-3-5-7-15/h3-8,11,14H,9-10,12,17H2,1-2H3. The number of thiophene rings is 1. The van der Waals surface area contributed by atoms with Gasteiger partial charge < -0.3 is 5.73 Å². The number of nitrogens with two attached hydrogens (primary N) is 1. The summed E-state index contributed by atoms with van der Waals surface area (Å²) in [6.45, 7) is 7.04. The lowest BCUT2D eigenvalue weighted by Crippen LogP contribution is -2.31. The molecule has 2 N–H and O–H groups in total. The number of aryl methyl sites for hydroxylation is 1. The summed E-state index contributed by atoms with van der Waals surface area (Å²) in [4.78, 5) is 3.90. The van der Waals surface area contributed by atoms with Crippen LogP contribution in [0.15, 0.2) is 41.8 Å². The molecule has 2 nitrogen and oxygen atoms in total. The molecule has 0 fully saturated rings. The van der Waals surface area contributed by atoms with Gasteiger partial charge in [0.2, 0.25) is 0 Å². The third kappa shape index (κ3) is 3.66. The quantitative estimate of drug-likeness (QED) is 0.872. The fraction of sp³-hybridized carbons (Fsp3) is 0.375. The number of hydrogen-bond acceptors (Lipinski definition) is 3. The van der Waals surface area contributed by atoms with E-state index in [4.69, 9.17) is 5.73 Å². The van der Waals surface area contributed by atoms with Crippen molar-refractivity contribution in [2.24, 2.45) is 5.73 Å². The molecule has 19 heavy (non-hydrogen) atoms. The summed E-state index contributed by atoms with van der Waals surface area (Å²) in [6.07, 6.45) is 0. The molecule has 2 aromatic rings. The lowest BCUT2D eigenvalue weighted by molar-refractivity contribution is 0.210. The lowest BCUT2D eigenvalue weighted by atomic mass is 10.1. The first-order chi connectivity index (χ1) is 9.22. The van der Waals surface area contributed by atoms with Gasteiger partial charge in [-0.25, -0.2) is 0 Å². The van der Waals surface area contributed by atoms with Crippen molar-refractivity contribution < 1.29 is 0 Å². The van der Waals surface area contributed by atoms with Crippen LogP contribution in [-0.2, 0) is 6.54 Å². The van der Waals surface area contributed by atoms with Crippen molar-refractivity contribution in [3.8, 4) is 0 Å². The molecule has 0 bridgehead atoms. The number of benzene rings is 1. The van der Waals surface area contributed by atoms with Crippen molar-refractivity contribution >= 4 is 11.3 Å². The molecule has 0 saturated heterocycles. The molecule has 0 spiro atoms. The maximum absolute atomic E-state index is 5.77. The Morgan fingerprint density at radius 3 is 2.53 bits per heavy atom. The number of rotatable bonds is 6. The normalized spacial score (nSPS) is 12.8. The average molecular weight is 274 g/mol. The van der Waals surface area contributed by atoms with Gasteiger partial charge in [-0.15, -0.1) is 11.3 Å². The highest BCUT2D eigenvalue weighted by Gasteiger charge is 2.18. The largest absolute Gasteiger partial charge is 0.329 e. The Hall–Kier alpha value is -1.16. The maximum Gasteiger partial charge on any atom is 0.0420 e. The Bertz CT molecular complexity index is 492. The molecule has 0 aliphatic carbocycles. The second-order valence-corrected chi connectivity index (χ2v) is 5.84. The van der Waals surface area contributed by atoms with E-state index in [1.165, 1.54) is 16.0 Å². The highest BCUT2D eigenvalue weighted by Crippen LogP contribution is 2.29. The minimum atomic E-state index is 0.420. The van der Waals surface area contributed by atoms with E-state index in [1.54, 1.807) is 0 Å². The van der Waals surface area contributed by atoms with Crippen LogP contribution in [0.5, 0.6) is 0 Å². The van der Waals surface area contributed by atoms with Crippen molar-refractivity contribution in [1.29, 1.82) is 0 Å². The van der Waals surface area contributed by atoms with E-state index in [0.29, 0.717) is 12.6 Å². The van der Waals surface area contributed by atoms with Gasteiger partial charge in [0, 0.05) is 30.6 Å². The Labute approximate surface area is 119 Å². The van der Waals surface area contributed by atoms with Crippen molar-refractivity contribution in [1.82, 2.24) is 4.90 Å². The van der Waals surface area contributed by atoms with Crippen molar-refractivity contribution in [3.63, 3.8) is 0 Å². The zero-order valence-electron chi connectivity index (χ0n) is 11.7. The van der Waals surface area contributed by atoms with E-state index < -0.39 is 0 Å². The van der Waals surface area contributed by atoms with Crippen LogP contribution in [0.25, 0.3) is 0 Å². The van der Waals surface area contributed by atoms with E-state index in [0.717, 1.165) is 13.1 Å². The van der Waals surface area contributed by atoms with Gasteiger partial charge in [-0.1, -0.05) is 30.3 Å². The fourth-order valence-corrected chi connectivity index (χ4v) is 3.39. The summed E-state index contributed by atoms with van der Waals surface area (Å²) in [5.41, 5.74) is 8.50. The SMILES string of the molecule is Cc1ccsc1C(C)N(CCN)Cc1ccccc1. The smallest absolute Gasteiger partial charge is 0.0420 e. The molecular weight excluding hydrogens is 252 g/mol. The predicted octanol–water partition coefficient (Wildman–Crippen LogP) is 3.58. The molecule has 0 aliphatic heterocycles. The molecule has 0 saturated carbocycles. The van der Waals surface area contributed by atoms with E-state index in [-0.39, 0.29) is 0 Å². The van der Waals surface area contributed by atoms with Gasteiger partial charge in [0.05, 0.1) is 0 Å². The molecular formula is C16H22N2S. The van der Waals surface area contributed by atoms with E-state index in [9.17, 15) is 0 Å². The highest BCUT2D eigenvalue weighted by molar-refractivity contribution is 7.10. The zero-order chi connectivity index (χ0) is 13.7. The zero-order valence-corrected chi connectivity index (χ0v) is 12.5. The molecule has 1 heterocycles. The van der Waals surface area contributed by atoms with Crippen LogP contribution >= 0.6 is 11.3 Å². The summed E-state index contributed by atoms with van der Waals surface area (Å²) < 4.78 is 0. The summed E-state index contributed by atoms with van der Waals surface area (Å²) in [7, 11) is 0.